The molecule has 0 radical (unpaired) electrons. The SMILES string of the molecule is CN(Cc1ccc(S(=O)(=O)N[Si](C)(C)C(C)(C)C)c(F)c1)C(=O)OC(C)(C)C.CN(Cc1ccc(S(N)(=O)=O)c(F)c1)C(=O)OC(C)(C)C.CNC(=O)c1ccc(N)c(F)c1.CNC(=O)c1ccc(S(=O)(=O)Cl)c(F)c1.CNC(=O)c1ccc(S(N)(=O)=O)c(F)c1.CNCc1ccc(S(N)(=O)=O)c(F)c1.Nc1ccc(C(=O)O)cc1F. The van der Waals surface area contributed by atoms with E-state index in [9.17, 15) is 102 Å². The third-order valence-corrected chi connectivity index (χ3v) is 26.9. The van der Waals surface area contributed by atoms with Crippen LogP contribution in [0.2, 0.25) is 18.1 Å². The summed E-state index contributed by atoms with van der Waals surface area (Å²) in [6.07, 6.45) is -1.09. The molecule has 0 aliphatic rings. The molecule has 0 atom stereocenters. The van der Waals surface area contributed by atoms with Gasteiger partial charge in [0.15, 0.2) is 0 Å². The van der Waals surface area contributed by atoms with Crippen LogP contribution in [-0.4, -0.2) is 155 Å². The smallest absolute Gasteiger partial charge is 0.410 e. The van der Waals surface area contributed by atoms with Crippen molar-refractivity contribution in [1.82, 2.24) is 35.5 Å². The maximum atomic E-state index is 14.6. The molecule has 45 heteroatoms. The van der Waals surface area contributed by atoms with Crippen molar-refractivity contribution < 1.29 is 116 Å². The van der Waals surface area contributed by atoms with Gasteiger partial charge in [-0.2, -0.15) is 0 Å². The Balaban J connectivity index is 0.000000692. The Morgan fingerprint density at radius 1 is 0.431 bits per heavy atom. The zero-order valence-electron chi connectivity index (χ0n) is 65.9. The number of nitrogen functional groups attached to an aromatic ring is 2. The van der Waals surface area contributed by atoms with E-state index in [1.54, 1.807) is 48.6 Å². The number of hydrogen-bond acceptors (Lipinski definition) is 21. The Morgan fingerprint density at radius 3 is 0.983 bits per heavy atom. The second-order valence-corrected chi connectivity index (χ2v) is 42.0. The number of carbonyl (C=O) groups excluding carboxylic acids is 5. The molecule has 0 unspecified atom stereocenters. The van der Waals surface area contributed by atoms with Crippen LogP contribution in [0.25, 0.3) is 0 Å². The zero-order chi connectivity index (χ0) is 90.2. The average Bonchev–Trinajstić information content (AvgIpc) is 0.782. The molecule has 7 rings (SSSR count). The number of carboxylic acid groups (broad SMARTS) is 1. The third kappa shape index (κ3) is 35.3. The van der Waals surface area contributed by atoms with Crippen molar-refractivity contribution in [2.75, 3.05) is 53.8 Å². The number of rotatable bonds is 17. The van der Waals surface area contributed by atoms with Crippen LogP contribution in [0.3, 0.4) is 0 Å². The van der Waals surface area contributed by atoms with Crippen LogP contribution < -0.4 is 52.5 Å². The van der Waals surface area contributed by atoms with E-state index in [4.69, 9.17) is 52.1 Å². The summed E-state index contributed by atoms with van der Waals surface area (Å²) in [7, 11) is -8.69. The first-order chi connectivity index (χ1) is 52.7. The van der Waals surface area contributed by atoms with E-state index in [0.29, 0.717) is 23.2 Å². The quantitative estimate of drug-likeness (QED) is 0.0175. The molecule has 5 amide bonds. The van der Waals surface area contributed by atoms with Crippen molar-refractivity contribution in [2.24, 2.45) is 15.4 Å². The highest BCUT2D eigenvalue weighted by Gasteiger charge is 2.40. The highest BCUT2D eigenvalue weighted by molar-refractivity contribution is 8.13. The number of benzene rings is 7. The van der Waals surface area contributed by atoms with E-state index in [1.165, 1.54) is 106 Å². The normalized spacial score (nSPS) is 11.6. The van der Waals surface area contributed by atoms with Crippen LogP contribution in [0.1, 0.15) is 120 Å². The van der Waals surface area contributed by atoms with E-state index in [2.05, 4.69) is 25.7 Å². The summed E-state index contributed by atoms with van der Waals surface area (Å²) in [6.45, 7) is 20.8. The molecular weight excluding hydrogens is 1680 g/mol. The molecule has 0 aliphatic carbocycles. The van der Waals surface area contributed by atoms with Gasteiger partial charge in [0.25, 0.3) is 26.8 Å². The van der Waals surface area contributed by atoms with Crippen LogP contribution in [-0.2, 0) is 78.3 Å². The van der Waals surface area contributed by atoms with Crippen LogP contribution in [0, 0.1) is 40.7 Å². The lowest BCUT2D eigenvalue weighted by Crippen LogP contribution is -2.54. The highest BCUT2D eigenvalue weighted by Crippen LogP contribution is 2.35. The van der Waals surface area contributed by atoms with Crippen molar-refractivity contribution in [3.8, 4) is 0 Å². The number of anilines is 2. The number of amides is 5. The van der Waals surface area contributed by atoms with Gasteiger partial charge in [0.05, 0.1) is 16.9 Å². The number of halogens is 8. The predicted molar refractivity (Wildman–Crippen MR) is 424 cm³/mol. The molecule has 642 valence electrons. The molecule has 16 N–H and O–H groups in total. The summed E-state index contributed by atoms with van der Waals surface area (Å²) in [5, 5.41) is 32.3. The van der Waals surface area contributed by atoms with Gasteiger partial charge in [-0.15, -0.1) is 0 Å². The number of carbonyl (C=O) groups is 6. The molecule has 0 heterocycles. The highest BCUT2D eigenvalue weighted by atomic mass is 35.7. The topological polar surface area (TPSA) is 509 Å². The number of sulfonamides is 4. The molecule has 0 saturated carbocycles. The van der Waals surface area contributed by atoms with E-state index in [-0.39, 0.29) is 62.6 Å². The average molecular weight is 1780 g/mol. The Labute approximate surface area is 674 Å². The fraction of sp³-hybridized carbons (Fsp3) is 0.324. The molecule has 0 aromatic heterocycles. The Kier molecular flexibility index (Phi) is 38.9. The van der Waals surface area contributed by atoms with Gasteiger partial charge in [0, 0.05) is 82.2 Å². The molecular formula is C71H94ClF7N12O19S5Si. The van der Waals surface area contributed by atoms with Gasteiger partial charge in [-0.3, -0.25) is 14.4 Å². The molecule has 0 fully saturated rings. The standard InChI is InChI=1S/C19H33FN2O4SSi.C13H19FN2O4S.C8H7ClFNO3S.C8H9FN2O3S.C8H11FN2O2S.C8H9FN2O.C7H6FNO2/c1-18(2,3)26-17(23)22(7)13-14-10-11-16(15(20)12-14)27(24,25)21-28(8,9)19(4,5)6;1-13(2,3)20-12(17)16(4)8-9-5-6-11(10(14)7-9)21(15,18)19;1-11-8(12)5-2-3-7(6(10)4-5)15(9,13)14;1-11-8(12)5-2-3-7(6(9)4-5)15(10,13)14;1-11-5-6-2-3-8(7(9)4-6)14(10,12)13;1-11-8(12)5-2-3-7(10)6(9)4-5;8-5-3-4(7(10)11)1-2-6(5)9/h10-12,21H,13H2,1-9H3;5-7H,8H2,1-4H3,(H2,15,18,19);2-4H,1H3,(H,11,12);2-4H,1H3,(H,11,12)(H2,10,13,14);2-4,11H,5H2,1H3,(H2,10,12,13);2-4H,10H2,1H3,(H,11,12);1-3H,9H2,(H,10,11). The summed E-state index contributed by atoms with van der Waals surface area (Å²) < 4.78 is 219. The number of ether oxygens (including phenoxy) is 2. The van der Waals surface area contributed by atoms with Gasteiger partial charge >= 0.3 is 18.2 Å². The maximum absolute atomic E-state index is 14.6. The van der Waals surface area contributed by atoms with E-state index in [0.717, 1.165) is 66.7 Å². The second kappa shape index (κ2) is 43.4. The Morgan fingerprint density at radius 2 is 0.707 bits per heavy atom. The predicted octanol–water partition coefficient (Wildman–Crippen LogP) is 9.33. The molecule has 0 spiro atoms. The first-order valence-corrected chi connectivity index (χ1v) is 44.7. The number of primary sulfonamides is 3. The van der Waals surface area contributed by atoms with Gasteiger partial charge in [-0.05, 0) is 180 Å². The van der Waals surface area contributed by atoms with Gasteiger partial charge in [0.2, 0.25) is 40.1 Å². The maximum Gasteiger partial charge on any atom is 0.410 e. The second-order valence-electron chi connectivity index (χ2n) is 27.9. The summed E-state index contributed by atoms with van der Waals surface area (Å²) in [5.74, 6) is -8.49. The molecule has 0 bridgehead atoms. The lowest BCUT2D eigenvalue weighted by molar-refractivity contribution is 0.0275. The van der Waals surface area contributed by atoms with Crippen molar-refractivity contribution in [3.63, 3.8) is 0 Å². The minimum atomic E-state index is -4.12. The van der Waals surface area contributed by atoms with Crippen molar-refractivity contribution in [3.05, 3.63) is 207 Å². The Hall–Kier alpha value is -9.87. The fourth-order valence-corrected chi connectivity index (χ4v) is 15.8. The number of nitrogens with two attached hydrogens (primary N) is 5. The van der Waals surface area contributed by atoms with E-state index < -0.39 is 159 Å². The van der Waals surface area contributed by atoms with Crippen LogP contribution in [0.5, 0.6) is 0 Å². The largest absolute Gasteiger partial charge is 0.478 e. The molecule has 0 aliphatic heterocycles. The number of nitrogens with one attached hydrogen (secondary N) is 5. The van der Waals surface area contributed by atoms with Crippen LogP contribution in [0.4, 0.5) is 51.7 Å². The summed E-state index contributed by atoms with van der Waals surface area (Å²) in [4.78, 5) is 67.0. The minimum absolute atomic E-state index is 0.0269. The zero-order valence-corrected chi connectivity index (χ0v) is 71.7. The lowest BCUT2D eigenvalue weighted by Gasteiger charge is -2.36. The molecule has 116 heavy (non-hydrogen) atoms. The fourth-order valence-electron chi connectivity index (χ4n) is 8.20. The van der Waals surface area contributed by atoms with E-state index >= 15 is 0 Å². The molecule has 31 nitrogen and oxygen atoms in total. The molecule has 7 aromatic carbocycles. The van der Waals surface area contributed by atoms with Crippen molar-refractivity contribution in [2.45, 2.75) is 136 Å². The monoisotopic (exact) mass is 1770 g/mol. The lowest BCUT2D eigenvalue weighted by atomic mass is 10.2. The van der Waals surface area contributed by atoms with Crippen molar-refractivity contribution in [1.29, 1.82) is 0 Å². The van der Waals surface area contributed by atoms with Gasteiger partial charge in [-0.1, -0.05) is 52.1 Å². The summed E-state index contributed by atoms with van der Waals surface area (Å²) >= 11 is 0. The first-order valence-electron chi connectivity index (χ1n) is 33.2. The van der Waals surface area contributed by atoms with Gasteiger partial charge in [0.1, 0.15) is 84.6 Å². The summed E-state index contributed by atoms with van der Waals surface area (Å²) in [6, 6.07) is 24.4. The van der Waals surface area contributed by atoms with Gasteiger partial charge in [-0.25, -0.2) is 107 Å². The van der Waals surface area contributed by atoms with E-state index in [1.807, 2.05) is 33.9 Å². The number of carboxylic acids is 1. The number of nitrogens with zero attached hydrogens (tertiary/aromatic N) is 2. The van der Waals surface area contributed by atoms with Crippen LogP contribution in [0.15, 0.2) is 152 Å². The molecule has 7 aromatic rings. The molecule has 0 saturated heterocycles. The first kappa shape index (κ1) is 104. The number of aromatic carboxylic acids is 1. The number of hydrogen-bond donors (Lipinski definition) is 11. The Bertz CT molecular complexity index is 5210. The minimum Gasteiger partial charge on any atom is -0.478 e. The van der Waals surface area contributed by atoms with Crippen molar-refractivity contribution >= 4 is 115 Å². The van der Waals surface area contributed by atoms with Gasteiger partial charge < -0.3 is 57.1 Å². The summed E-state index contributed by atoms with van der Waals surface area (Å²) in [5.41, 5.74) is 10.9. The van der Waals surface area contributed by atoms with Crippen LogP contribution >= 0.6 is 10.7 Å². The third-order valence-electron chi connectivity index (χ3n) is 14.9.